The van der Waals surface area contributed by atoms with Crippen molar-refractivity contribution in [2.45, 2.75) is 31.7 Å². The molecular weight excluding hydrogens is 378 g/mol. The van der Waals surface area contributed by atoms with Crippen LogP contribution < -0.4 is 10.6 Å². The number of urea groups is 1. The summed E-state index contributed by atoms with van der Waals surface area (Å²) in [5.74, 6) is 0.0565. The van der Waals surface area contributed by atoms with Crippen molar-refractivity contribution in [3.05, 3.63) is 71.8 Å². The zero-order chi connectivity index (χ0) is 21.0. The maximum absolute atomic E-state index is 12.5. The number of carbonyl (C=O) groups is 2. The molecule has 0 aliphatic carbocycles. The number of amides is 3. The van der Waals surface area contributed by atoms with E-state index in [-0.39, 0.29) is 18.0 Å². The van der Waals surface area contributed by atoms with E-state index in [9.17, 15) is 9.59 Å². The molecule has 6 heteroatoms. The van der Waals surface area contributed by atoms with Crippen molar-refractivity contribution in [2.75, 3.05) is 32.8 Å². The van der Waals surface area contributed by atoms with Crippen molar-refractivity contribution in [1.82, 2.24) is 15.5 Å². The molecule has 6 nitrogen and oxygen atoms in total. The van der Waals surface area contributed by atoms with E-state index in [0.29, 0.717) is 39.3 Å². The van der Waals surface area contributed by atoms with Gasteiger partial charge >= 0.3 is 6.03 Å². The lowest BCUT2D eigenvalue weighted by atomic mass is 9.99. The van der Waals surface area contributed by atoms with Crippen LogP contribution in [0.25, 0.3) is 0 Å². The second-order valence-electron chi connectivity index (χ2n) is 7.48. The Labute approximate surface area is 178 Å². The van der Waals surface area contributed by atoms with Crippen molar-refractivity contribution in [3.63, 3.8) is 0 Å². The zero-order valence-electron chi connectivity index (χ0n) is 17.4. The van der Waals surface area contributed by atoms with Crippen molar-refractivity contribution >= 4 is 11.9 Å². The number of hydrogen-bond acceptors (Lipinski definition) is 3. The molecular formula is C24H31N3O3. The second kappa shape index (κ2) is 12.0. The van der Waals surface area contributed by atoms with E-state index >= 15 is 0 Å². The quantitative estimate of drug-likeness (QED) is 0.668. The Bertz CT molecular complexity index is 777. The van der Waals surface area contributed by atoms with Gasteiger partial charge in [-0.05, 0) is 30.4 Å². The van der Waals surface area contributed by atoms with Gasteiger partial charge in [-0.25, -0.2) is 4.79 Å². The van der Waals surface area contributed by atoms with E-state index < -0.39 is 0 Å². The van der Waals surface area contributed by atoms with E-state index in [2.05, 4.69) is 22.8 Å². The first-order valence-corrected chi connectivity index (χ1v) is 10.7. The molecule has 1 fully saturated rings. The van der Waals surface area contributed by atoms with Crippen molar-refractivity contribution in [3.8, 4) is 0 Å². The van der Waals surface area contributed by atoms with Crippen LogP contribution in [0.4, 0.5) is 4.79 Å². The average Bonchev–Trinajstić information content (AvgIpc) is 2.80. The van der Waals surface area contributed by atoms with E-state index in [1.807, 2.05) is 48.5 Å². The molecule has 0 saturated carbocycles. The molecule has 160 valence electrons. The molecule has 30 heavy (non-hydrogen) atoms. The van der Waals surface area contributed by atoms with E-state index in [1.165, 1.54) is 5.56 Å². The minimum Gasteiger partial charge on any atom is -0.378 e. The molecule has 1 heterocycles. The van der Waals surface area contributed by atoms with Gasteiger partial charge in [0.1, 0.15) is 0 Å². The number of nitrogens with zero attached hydrogens (tertiary/aromatic N) is 1. The molecule has 1 aliphatic heterocycles. The van der Waals surface area contributed by atoms with Gasteiger partial charge in [-0.3, -0.25) is 4.79 Å². The molecule has 0 unspecified atom stereocenters. The summed E-state index contributed by atoms with van der Waals surface area (Å²) in [6.45, 7) is 2.75. The fraction of sp³-hybridized carbons (Fsp3) is 0.417. The zero-order valence-corrected chi connectivity index (χ0v) is 17.4. The third kappa shape index (κ3) is 7.19. The number of ether oxygens (including phenoxy) is 1. The fourth-order valence-corrected chi connectivity index (χ4v) is 3.63. The molecule has 2 aromatic carbocycles. The summed E-state index contributed by atoms with van der Waals surface area (Å²) in [7, 11) is 0. The molecule has 0 radical (unpaired) electrons. The Balaban J connectivity index is 1.45. The van der Waals surface area contributed by atoms with Crippen LogP contribution in [-0.2, 0) is 16.0 Å². The Morgan fingerprint density at radius 2 is 1.63 bits per heavy atom. The number of hydrogen-bond donors (Lipinski definition) is 2. The lowest BCUT2D eigenvalue weighted by Gasteiger charge is -2.27. The summed E-state index contributed by atoms with van der Waals surface area (Å²) < 4.78 is 5.27. The third-order valence-corrected chi connectivity index (χ3v) is 5.30. The Morgan fingerprint density at radius 3 is 2.33 bits per heavy atom. The SMILES string of the molecule is O=C(NCCC(=O)N1CCOCC1)N[C@@H](CCCc1ccccc1)c1ccccc1. The number of rotatable bonds is 9. The summed E-state index contributed by atoms with van der Waals surface area (Å²) in [4.78, 5) is 26.4. The van der Waals surface area contributed by atoms with Crippen LogP contribution in [0, 0.1) is 0 Å². The highest BCUT2D eigenvalue weighted by Gasteiger charge is 2.17. The summed E-state index contributed by atoms with van der Waals surface area (Å²) in [5, 5.41) is 5.91. The second-order valence-corrected chi connectivity index (χ2v) is 7.48. The fourth-order valence-electron chi connectivity index (χ4n) is 3.63. The maximum atomic E-state index is 12.5. The van der Waals surface area contributed by atoms with Gasteiger partial charge in [-0.2, -0.15) is 0 Å². The molecule has 2 aromatic rings. The highest BCUT2D eigenvalue weighted by molar-refractivity contribution is 5.78. The molecule has 1 atom stereocenters. The molecule has 1 aliphatic rings. The van der Waals surface area contributed by atoms with Crippen LogP contribution in [0.2, 0.25) is 0 Å². The normalized spacial score (nSPS) is 14.7. The Hall–Kier alpha value is -2.86. The lowest BCUT2D eigenvalue weighted by Crippen LogP contribution is -2.43. The summed E-state index contributed by atoms with van der Waals surface area (Å²) in [5.41, 5.74) is 2.39. The molecule has 3 rings (SSSR count). The predicted molar refractivity (Wildman–Crippen MR) is 117 cm³/mol. The molecule has 1 saturated heterocycles. The first-order chi connectivity index (χ1) is 14.7. The average molecular weight is 410 g/mol. The summed E-state index contributed by atoms with van der Waals surface area (Å²) >= 11 is 0. The molecule has 0 spiro atoms. The van der Waals surface area contributed by atoms with Crippen LogP contribution in [0.5, 0.6) is 0 Å². The Kier molecular flexibility index (Phi) is 8.72. The van der Waals surface area contributed by atoms with Crippen molar-refractivity contribution in [2.24, 2.45) is 0 Å². The number of nitrogens with one attached hydrogen (secondary N) is 2. The van der Waals surface area contributed by atoms with Gasteiger partial charge in [0.2, 0.25) is 5.91 Å². The van der Waals surface area contributed by atoms with Crippen LogP contribution in [0.3, 0.4) is 0 Å². The minimum absolute atomic E-state index is 0.0565. The Morgan fingerprint density at radius 1 is 0.967 bits per heavy atom. The number of morpholine rings is 1. The van der Waals surface area contributed by atoms with E-state index in [4.69, 9.17) is 4.74 Å². The number of aryl methyl sites for hydroxylation is 1. The molecule has 0 bridgehead atoms. The van der Waals surface area contributed by atoms with Gasteiger partial charge in [-0.15, -0.1) is 0 Å². The predicted octanol–water partition coefficient (Wildman–Crippen LogP) is 3.30. The van der Waals surface area contributed by atoms with Gasteiger partial charge < -0.3 is 20.3 Å². The van der Waals surface area contributed by atoms with Crippen LogP contribution in [0.1, 0.15) is 36.4 Å². The monoisotopic (exact) mass is 409 g/mol. The standard InChI is InChI=1S/C24H31N3O3/c28-23(27-16-18-30-19-17-27)14-15-25-24(29)26-22(21-11-5-2-6-12-21)13-7-10-20-8-3-1-4-9-20/h1-6,8-9,11-12,22H,7,10,13-19H2,(H2,25,26,29)/t22-/m0/s1. The third-order valence-electron chi connectivity index (χ3n) is 5.30. The highest BCUT2D eigenvalue weighted by Crippen LogP contribution is 2.19. The van der Waals surface area contributed by atoms with E-state index in [1.54, 1.807) is 4.90 Å². The summed E-state index contributed by atoms with van der Waals surface area (Å²) in [6.07, 6.45) is 3.09. The van der Waals surface area contributed by atoms with Crippen LogP contribution in [0.15, 0.2) is 60.7 Å². The van der Waals surface area contributed by atoms with E-state index in [0.717, 1.165) is 24.8 Å². The molecule has 3 amide bonds. The van der Waals surface area contributed by atoms with Gasteiger partial charge in [0.25, 0.3) is 0 Å². The van der Waals surface area contributed by atoms with Gasteiger partial charge in [0, 0.05) is 26.1 Å². The van der Waals surface area contributed by atoms with Crippen LogP contribution >= 0.6 is 0 Å². The van der Waals surface area contributed by atoms with Gasteiger partial charge in [0.15, 0.2) is 0 Å². The van der Waals surface area contributed by atoms with Gasteiger partial charge in [0.05, 0.1) is 19.3 Å². The van der Waals surface area contributed by atoms with Crippen LogP contribution in [-0.4, -0.2) is 49.7 Å². The molecule has 2 N–H and O–H groups in total. The van der Waals surface area contributed by atoms with Gasteiger partial charge in [-0.1, -0.05) is 60.7 Å². The van der Waals surface area contributed by atoms with Crippen molar-refractivity contribution in [1.29, 1.82) is 0 Å². The van der Waals surface area contributed by atoms with Crippen molar-refractivity contribution < 1.29 is 14.3 Å². The largest absolute Gasteiger partial charge is 0.378 e. The topological polar surface area (TPSA) is 70.7 Å². The minimum atomic E-state index is -0.238. The lowest BCUT2D eigenvalue weighted by molar-refractivity contribution is -0.135. The first-order valence-electron chi connectivity index (χ1n) is 10.7. The highest BCUT2D eigenvalue weighted by atomic mass is 16.5. The maximum Gasteiger partial charge on any atom is 0.315 e. The first kappa shape index (κ1) is 21.8. The summed E-state index contributed by atoms with van der Waals surface area (Å²) in [6, 6.07) is 20.1. The number of carbonyl (C=O) groups excluding carboxylic acids is 2. The molecule has 0 aromatic heterocycles. The smallest absolute Gasteiger partial charge is 0.315 e. The number of benzene rings is 2.